The minimum absolute atomic E-state index is 0.380. The molecule has 0 aliphatic heterocycles. The highest BCUT2D eigenvalue weighted by Crippen LogP contribution is 2.68. The predicted octanol–water partition coefficient (Wildman–Crippen LogP) is 13.3. The maximum absolute atomic E-state index is 12.6. The summed E-state index contributed by atoms with van der Waals surface area (Å²) in [6.45, 7) is 9.96. The second-order valence-electron chi connectivity index (χ2n) is 18.5. The molecule has 0 heterocycles. The first-order valence-electron chi connectivity index (χ1n) is 21.7. The van der Waals surface area contributed by atoms with Gasteiger partial charge in [0.1, 0.15) is 5.54 Å². The molecule has 4 saturated carbocycles. The van der Waals surface area contributed by atoms with Gasteiger partial charge in [-0.1, -0.05) is 156 Å². The Morgan fingerprint density at radius 3 is 1.77 bits per heavy atom. The Hall–Kier alpha value is -0.570. The molecule has 274 valence electrons. The van der Waals surface area contributed by atoms with Crippen molar-refractivity contribution in [3.8, 4) is 0 Å². The van der Waals surface area contributed by atoms with Crippen LogP contribution in [-0.4, -0.2) is 16.6 Å². The van der Waals surface area contributed by atoms with Crippen molar-refractivity contribution < 1.29 is 9.90 Å². The predicted molar refractivity (Wildman–Crippen MR) is 202 cm³/mol. The van der Waals surface area contributed by atoms with Crippen molar-refractivity contribution in [1.29, 1.82) is 0 Å². The zero-order valence-corrected chi connectivity index (χ0v) is 32.1. The summed E-state index contributed by atoms with van der Waals surface area (Å²) in [6.07, 6.45) is 39.9. The fourth-order valence-corrected chi connectivity index (χ4v) is 12.6. The fourth-order valence-electron chi connectivity index (χ4n) is 12.6. The van der Waals surface area contributed by atoms with E-state index in [1.165, 1.54) is 167 Å². The maximum atomic E-state index is 12.6. The molecule has 0 aromatic rings. The fraction of sp³-hybridized carbons (Fsp3) is 0.977. The van der Waals surface area contributed by atoms with E-state index in [0.29, 0.717) is 35.5 Å². The SMILES string of the molecule is CCCCCCCCCCCCCCCCCCCCC(N)(C[C@@H](C)[C@H]1CC[C@H]2[C@@H]3CCC4CCCC[C@]4(C)[C@H]3CC[C@]12C)C(=O)O. The van der Waals surface area contributed by atoms with Gasteiger partial charge in [-0.15, -0.1) is 0 Å². The van der Waals surface area contributed by atoms with E-state index in [2.05, 4.69) is 27.7 Å². The lowest BCUT2D eigenvalue weighted by molar-refractivity contribution is -0.145. The first kappa shape index (κ1) is 39.2. The first-order chi connectivity index (χ1) is 22.7. The van der Waals surface area contributed by atoms with Crippen molar-refractivity contribution in [2.45, 2.75) is 226 Å². The molecule has 3 N–H and O–H groups in total. The second kappa shape index (κ2) is 19.2. The van der Waals surface area contributed by atoms with E-state index in [4.69, 9.17) is 5.73 Å². The Morgan fingerprint density at radius 2 is 1.21 bits per heavy atom. The molecule has 0 aromatic heterocycles. The number of carbonyl (C=O) groups is 1. The van der Waals surface area contributed by atoms with Crippen LogP contribution in [0.4, 0.5) is 0 Å². The summed E-state index contributed by atoms with van der Waals surface area (Å²) in [4.78, 5) is 12.6. The van der Waals surface area contributed by atoms with E-state index < -0.39 is 11.5 Å². The first-order valence-corrected chi connectivity index (χ1v) is 21.7. The van der Waals surface area contributed by atoms with Crippen LogP contribution in [0.25, 0.3) is 0 Å². The van der Waals surface area contributed by atoms with Crippen LogP contribution < -0.4 is 5.73 Å². The quantitative estimate of drug-likeness (QED) is 0.108. The maximum Gasteiger partial charge on any atom is 0.323 e. The zero-order chi connectivity index (χ0) is 33.8. The number of carboxylic acids is 1. The molecule has 4 rings (SSSR count). The molecule has 47 heavy (non-hydrogen) atoms. The molecular weight excluding hydrogens is 574 g/mol. The Bertz CT molecular complexity index is 903. The monoisotopic (exact) mass is 656 g/mol. The summed E-state index contributed by atoms with van der Waals surface area (Å²) < 4.78 is 0. The molecule has 4 fully saturated rings. The van der Waals surface area contributed by atoms with Crippen LogP contribution >= 0.6 is 0 Å². The molecule has 3 heteroatoms. The van der Waals surface area contributed by atoms with Crippen molar-refractivity contribution >= 4 is 5.97 Å². The van der Waals surface area contributed by atoms with E-state index in [9.17, 15) is 9.90 Å². The molecule has 0 saturated heterocycles. The molecule has 0 bridgehead atoms. The van der Waals surface area contributed by atoms with Gasteiger partial charge in [0.2, 0.25) is 0 Å². The summed E-state index contributed by atoms with van der Waals surface area (Å²) in [7, 11) is 0. The minimum Gasteiger partial charge on any atom is -0.480 e. The third kappa shape index (κ3) is 10.3. The van der Waals surface area contributed by atoms with Gasteiger partial charge in [-0.05, 0) is 111 Å². The zero-order valence-electron chi connectivity index (χ0n) is 32.1. The third-order valence-electron chi connectivity index (χ3n) is 15.4. The van der Waals surface area contributed by atoms with Crippen molar-refractivity contribution in [3.63, 3.8) is 0 Å². The van der Waals surface area contributed by atoms with Crippen molar-refractivity contribution in [2.75, 3.05) is 0 Å². The molecular formula is C44H81NO2. The molecule has 9 atom stereocenters. The van der Waals surface area contributed by atoms with Crippen LogP contribution in [0.15, 0.2) is 0 Å². The Kier molecular flexibility index (Phi) is 16.0. The average Bonchev–Trinajstić information content (AvgIpc) is 3.41. The Balaban J connectivity index is 1.09. The van der Waals surface area contributed by atoms with Gasteiger partial charge in [0.05, 0.1) is 0 Å². The van der Waals surface area contributed by atoms with E-state index in [0.717, 1.165) is 36.5 Å². The van der Waals surface area contributed by atoms with Gasteiger partial charge in [-0.2, -0.15) is 0 Å². The number of carboxylic acid groups (broad SMARTS) is 1. The topological polar surface area (TPSA) is 63.3 Å². The van der Waals surface area contributed by atoms with Gasteiger partial charge >= 0.3 is 5.97 Å². The Labute approximate surface area is 293 Å². The summed E-state index contributed by atoms with van der Waals surface area (Å²) in [6, 6.07) is 0. The number of hydrogen-bond donors (Lipinski definition) is 2. The van der Waals surface area contributed by atoms with E-state index in [1.54, 1.807) is 0 Å². The van der Waals surface area contributed by atoms with E-state index in [-0.39, 0.29) is 0 Å². The van der Waals surface area contributed by atoms with Crippen molar-refractivity contribution in [1.82, 2.24) is 0 Å². The number of hydrogen-bond acceptors (Lipinski definition) is 2. The van der Waals surface area contributed by atoms with Crippen LogP contribution in [0, 0.1) is 46.3 Å². The number of aliphatic carboxylic acids is 1. The van der Waals surface area contributed by atoms with E-state index >= 15 is 0 Å². The van der Waals surface area contributed by atoms with Gasteiger partial charge < -0.3 is 10.8 Å². The van der Waals surface area contributed by atoms with Crippen LogP contribution in [0.1, 0.15) is 220 Å². The molecule has 0 radical (unpaired) electrons. The highest BCUT2D eigenvalue weighted by molar-refractivity contribution is 5.78. The van der Waals surface area contributed by atoms with Gasteiger partial charge in [-0.3, -0.25) is 4.79 Å². The minimum atomic E-state index is -1.06. The molecule has 2 unspecified atom stereocenters. The molecule has 0 aromatic carbocycles. The lowest BCUT2D eigenvalue weighted by atomic mass is 9.44. The van der Waals surface area contributed by atoms with Crippen molar-refractivity contribution in [3.05, 3.63) is 0 Å². The summed E-state index contributed by atoms with van der Waals surface area (Å²) >= 11 is 0. The standard InChI is InChI=1S/C44H81NO2/c1-5-6-7-8-9-10-11-12-13-14-15-16-17-18-19-20-21-23-32-44(45,41(46)47)34-35(2)38-28-29-39-37-27-26-36-25-22-24-31-42(36,3)40(37)30-33-43(38,39)4/h35-40H,5-34,45H2,1-4H3,(H,46,47)/t35-,36?,37+,38-,39+,40+,42+,43-,44?/m1/s1. The van der Waals surface area contributed by atoms with Crippen LogP contribution in [0.2, 0.25) is 0 Å². The Morgan fingerprint density at radius 1 is 0.681 bits per heavy atom. The lowest BCUT2D eigenvalue weighted by Gasteiger charge is -2.61. The molecule has 4 aliphatic carbocycles. The average molecular weight is 656 g/mol. The lowest BCUT2D eigenvalue weighted by Crippen LogP contribution is -2.54. The highest BCUT2D eigenvalue weighted by atomic mass is 16.4. The summed E-state index contributed by atoms with van der Waals surface area (Å²) in [5, 5.41) is 10.3. The van der Waals surface area contributed by atoms with E-state index in [1.807, 2.05) is 0 Å². The second-order valence-corrected chi connectivity index (χ2v) is 18.5. The number of fused-ring (bicyclic) bond motifs is 5. The molecule has 3 nitrogen and oxygen atoms in total. The molecule has 4 aliphatic rings. The van der Waals surface area contributed by atoms with Crippen LogP contribution in [-0.2, 0) is 4.79 Å². The highest BCUT2D eigenvalue weighted by Gasteiger charge is 2.60. The van der Waals surface area contributed by atoms with Gasteiger partial charge in [-0.25, -0.2) is 0 Å². The number of nitrogens with two attached hydrogens (primary N) is 1. The molecule has 0 spiro atoms. The summed E-state index contributed by atoms with van der Waals surface area (Å²) in [5.41, 5.74) is 6.70. The largest absolute Gasteiger partial charge is 0.480 e. The van der Waals surface area contributed by atoms with Crippen molar-refractivity contribution in [2.24, 2.45) is 52.1 Å². The third-order valence-corrected chi connectivity index (χ3v) is 15.4. The van der Waals surface area contributed by atoms with Gasteiger partial charge in [0, 0.05) is 0 Å². The smallest absolute Gasteiger partial charge is 0.323 e. The number of unbranched alkanes of at least 4 members (excludes halogenated alkanes) is 17. The number of rotatable bonds is 23. The van der Waals surface area contributed by atoms with Crippen LogP contribution in [0.3, 0.4) is 0 Å². The van der Waals surface area contributed by atoms with Gasteiger partial charge in [0.15, 0.2) is 0 Å². The van der Waals surface area contributed by atoms with Gasteiger partial charge in [0.25, 0.3) is 0 Å². The summed E-state index contributed by atoms with van der Waals surface area (Å²) in [5.74, 6) is 3.93. The molecule has 0 amide bonds. The normalized spacial score (nSPS) is 33.9. The van der Waals surface area contributed by atoms with Crippen LogP contribution in [0.5, 0.6) is 0 Å².